The van der Waals surface area contributed by atoms with Crippen LogP contribution in [-0.4, -0.2) is 24.1 Å². The Morgan fingerprint density at radius 3 is 2.67 bits per heavy atom. The molecule has 0 saturated carbocycles. The molecule has 0 aromatic heterocycles. The number of rotatable bonds is 2. The van der Waals surface area contributed by atoms with Crippen LogP contribution in [0.15, 0.2) is 18.2 Å². The maximum atomic E-state index is 12.6. The second-order valence-electron chi connectivity index (χ2n) is 4.76. The summed E-state index contributed by atoms with van der Waals surface area (Å²) in [6.45, 7) is 1.32. The van der Waals surface area contributed by atoms with E-state index in [0.717, 1.165) is 31.2 Å². The van der Waals surface area contributed by atoms with E-state index in [2.05, 4.69) is 10.6 Å². The minimum atomic E-state index is -4.51. The fourth-order valence-electron chi connectivity index (χ4n) is 2.12. The Bertz CT molecular complexity index is 503. The SMILES string of the molecule is Cl.O=C(Nc1cc(C(F)(F)F)ccc1O)[C@@H]1CCCNC1. The minimum Gasteiger partial charge on any atom is -0.506 e. The van der Waals surface area contributed by atoms with Gasteiger partial charge in [-0.05, 0) is 37.6 Å². The van der Waals surface area contributed by atoms with Gasteiger partial charge in [-0.25, -0.2) is 0 Å². The van der Waals surface area contributed by atoms with Crippen molar-refractivity contribution < 1.29 is 23.1 Å². The highest BCUT2D eigenvalue weighted by atomic mass is 35.5. The molecule has 0 radical (unpaired) electrons. The molecule has 118 valence electrons. The number of hydrogen-bond donors (Lipinski definition) is 3. The standard InChI is InChI=1S/C13H15F3N2O2.ClH/c14-13(15,16)9-3-4-11(19)10(6-9)18-12(20)8-2-1-5-17-7-8;/h3-4,6,8,17,19H,1-2,5,7H2,(H,18,20);1H/t8-;/m1./s1. The molecule has 0 unspecified atom stereocenters. The fraction of sp³-hybridized carbons (Fsp3) is 0.462. The molecule has 1 amide bonds. The van der Waals surface area contributed by atoms with E-state index in [1.54, 1.807) is 0 Å². The lowest BCUT2D eigenvalue weighted by Crippen LogP contribution is -2.37. The lowest BCUT2D eigenvalue weighted by molar-refractivity contribution is -0.137. The van der Waals surface area contributed by atoms with Gasteiger partial charge in [0.1, 0.15) is 5.75 Å². The summed E-state index contributed by atoms with van der Waals surface area (Å²) in [5, 5.41) is 15.0. The van der Waals surface area contributed by atoms with Gasteiger partial charge in [-0.2, -0.15) is 13.2 Å². The van der Waals surface area contributed by atoms with Crippen LogP contribution in [0.4, 0.5) is 18.9 Å². The highest BCUT2D eigenvalue weighted by Gasteiger charge is 2.31. The summed E-state index contributed by atoms with van der Waals surface area (Å²) >= 11 is 0. The number of alkyl halides is 3. The summed E-state index contributed by atoms with van der Waals surface area (Å²) in [5.41, 5.74) is -1.12. The Hall–Kier alpha value is -1.47. The second-order valence-corrected chi connectivity index (χ2v) is 4.76. The summed E-state index contributed by atoms with van der Waals surface area (Å²) in [5.74, 6) is -1.06. The molecule has 1 saturated heterocycles. The minimum absolute atomic E-state index is 0. The maximum Gasteiger partial charge on any atom is 0.416 e. The van der Waals surface area contributed by atoms with Gasteiger partial charge in [0.15, 0.2) is 0 Å². The first-order chi connectivity index (χ1) is 9.38. The van der Waals surface area contributed by atoms with Crippen molar-refractivity contribution in [1.29, 1.82) is 0 Å². The van der Waals surface area contributed by atoms with E-state index in [4.69, 9.17) is 0 Å². The Morgan fingerprint density at radius 2 is 2.10 bits per heavy atom. The number of carbonyl (C=O) groups excluding carboxylic acids is 1. The molecule has 1 aliphatic rings. The van der Waals surface area contributed by atoms with Crippen LogP contribution in [0.1, 0.15) is 18.4 Å². The summed E-state index contributed by atoms with van der Waals surface area (Å²) in [7, 11) is 0. The number of benzene rings is 1. The van der Waals surface area contributed by atoms with Crippen LogP contribution in [0.5, 0.6) is 5.75 Å². The number of halogens is 4. The van der Waals surface area contributed by atoms with Crippen molar-refractivity contribution in [2.45, 2.75) is 19.0 Å². The van der Waals surface area contributed by atoms with Crippen LogP contribution in [0, 0.1) is 5.92 Å². The molecule has 3 N–H and O–H groups in total. The lowest BCUT2D eigenvalue weighted by atomic mass is 9.98. The van der Waals surface area contributed by atoms with Crippen LogP contribution in [0.25, 0.3) is 0 Å². The van der Waals surface area contributed by atoms with E-state index in [9.17, 15) is 23.1 Å². The Labute approximate surface area is 126 Å². The van der Waals surface area contributed by atoms with Crippen molar-refractivity contribution in [3.63, 3.8) is 0 Å². The van der Waals surface area contributed by atoms with Crippen molar-refractivity contribution >= 4 is 24.0 Å². The smallest absolute Gasteiger partial charge is 0.416 e. The highest BCUT2D eigenvalue weighted by molar-refractivity contribution is 5.94. The lowest BCUT2D eigenvalue weighted by Gasteiger charge is -2.22. The molecule has 1 atom stereocenters. The quantitative estimate of drug-likeness (QED) is 0.733. The Morgan fingerprint density at radius 1 is 1.38 bits per heavy atom. The number of piperidine rings is 1. The summed E-state index contributed by atoms with van der Waals surface area (Å²) in [4.78, 5) is 11.9. The molecule has 4 nitrogen and oxygen atoms in total. The van der Waals surface area contributed by atoms with Gasteiger partial charge in [0, 0.05) is 6.54 Å². The zero-order valence-corrected chi connectivity index (χ0v) is 11.9. The number of aromatic hydroxyl groups is 1. The molecule has 1 aliphatic heterocycles. The van der Waals surface area contributed by atoms with Crippen molar-refractivity contribution in [2.24, 2.45) is 5.92 Å². The second kappa shape index (κ2) is 7.00. The number of anilines is 1. The van der Waals surface area contributed by atoms with Crippen LogP contribution in [-0.2, 0) is 11.0 Å². The van der Waals surface area contributed by atoms with Gasteiger partial charge in [-0.3, -0.25) is 4.79 Å². The van der Waals surface area contributed by atoms with Crippen molar-refractivity contribution in [3.05, 3.63) is 23.8 Å². The van der Waals surface area contributed by atoms with Gasteiger partial charge in [-0.1, -0.05) is 0 Å². The molecule has 2 rings (SSSR count). The number of carbonyl (C=O) groups is 1. The fourth-order valence-corrected chi connectivity index (χ4v) is 2.12. The topological polar surface area (TPSA) is 61.4 Å². The van der Waals surface area contributed by atoms with Gasteiger partial charge in [0.25, 0.3) is 0 Å². The number of phenols is 1. The predicted octanol–water partition coefficient (Wildman–Crippen LogP) is 2.77. The first kappa shape index (κ1) is 17.6. The number of nitrogens with one attached hydrogen (secondary N) is 2. The van der Waals surface area contributed by atoms with E-state index in [1.165, 1.54) is 0 Å². The zero-order chi connectivity index (χ0) is 14.8. The van der Waals surface area contributed by atoms with Gasteiger partial charge in [-0.15, -0.1) is 12.4 Å². The third-order valence-corrected chi connectivity index (χ3v) is 3.25. The number of phenolic OH excluding ortho intramolecular Hbond substituents is 1. The van der Waals surface area contributed by atoms with Gasteiger partial charge >= 0.3 is 6.18 Å². The van der Waals surface area contributed by atoms with Crippen molar-refractivity contribution in [3.8, 4) is 5.75 Å². The zero-order valence-electron chi connectivity index (χ0n) is 11.0. The molecular weight excluding hydrogens is 309 g/mol. The number of hydrogen-bond acceptors (Lipinski definition) is 3. The van der Waals surface area contributed by atoms with E-state index >= 15 is 0 Å². The molecule has 0 bridgehead atoms. The molecule has 1 heterocycles. The normalized spacial score (nSPS) is 18.7. The van der Waals surface area contributed by atoms with Crippen LogP contribution >= 0.6 is 12.4 Å². The summed E-state index contributed by atoms with van der Waals surface area (Å²) in [6, 6.07) is 2.44. The molecule has 21 heavy (non-hydrogen) atoms. The van der Waals surface area contributed by atoms with Crippen molar-refractivity contribution in [2.75, 3.05) is 18.4 Å². The van der Waals surface area contributed by atoms with Crippen LogP contribution in [0.3, 0.4) is 0 Å². The first-order valence-corrected chi connectivity index (χ1v) is 6.29. The average Bonchev–Trinajstić information content (AvgIpc) is 2.41. The van der Waals surface area contributed by atoms with Gasteiger partial charge in [0.05, 0.1) is 17.2 Å². The third kappa shape index (κ3) is 4.50. The molecule has 1 aromatic carbocycles. The largest absolute Gasteiger partial charge is 0.506 e. The van der Waals surface area contributed by atoms with Gasteiger partial charge < -0.3 is 15.7 Å². The molecule has 0 aliphatic carbocycles. The van der Waals surface area contributed by atoms with E-state index < -0.39 is 11.7 Å². The van der Waals surface area contributed by atoms with E-state index in [1.807, 2.05) is 0 Å². The molecule has 8 heteroatoms. The predicted molar refractivity (Wildman–Crippen MR) is 74.6 cm³/mol. The summed E-state index contributed by atoms with van der Waals surface area (Å²) < 4.78 is 37.8. The molecule has 1 fully saturated rings. The van der Waals surface area contributed by atoms with Gasteiger partial charge in [0.2, 0.25) is 5.91 Å². The van der Waals surface area contributed by atoms with Crippen LogP contribution in [0.2, 0.25) is 0 Å². The third-order valence-electron chi connectivity index (χ3n) is 3.25. The van der Waals surface area contributed by atoms with E-state index in [0.29, 0.717) is 13.0 Å². The highest BCUT2D eigenvalue weighted by Crippen LogP contribution is 2.34. The Balaban J connectivity index is 0.00000220. The van der Waals surface area contributed by atoms with Crippen LogP contribution < -0.4 is 10.6 Å². The first-order valence-electron chi connectivity index (χ1n) is 6.29. The maximum absolute atomic E-state index is 12.6. The summed E-state index contributed by atoms with van der Waals surface area (Å²) in [6.07, 6.45) is -3.00. The Kier molecular flexibility index (Phi) is 5.86. The molecule has 1 aromatic rings. The van der Waals surface area contributed by atoms with E-state index in [-0.39, 0.29) is 35.7 Å². The monoisotopic (exact) mass is 324 g/mol. The van der Waals surface area contributed by atoms with Crippen molar-refractivity contribution in [1.82, 2.24) is 5.32 Å². The molecule has 0 spiro atoms. The average molecular weight is 325 g/mol. The number of amides is 1. The molecular formula is C13H16ClF3N2O2.